The van der Waals surface area contributed by atoms with Gasteiger partial charge in [-0.05, 0) is 42.8 Å². The summed E-state index contributed by atoms with van der Waals surface area (Å²) in [7, 11) is -1.09. The van der Waals surface area contributed by atoms with Gasteiger partial charge in [0.25, 0.3) is 5.91 Å². The van der Waals surface area contributed by atoms with Crippen LogP contribution >= 0.6 is 0 Å². The number of hydrogen-bond donors (Lipinski definition) is 2. The number of anilines is 1. The summed E-state index contributed by atoms with van der Waals surface area (Å²) in [5.74, 6) is -0.741. The number of carbonyl (C=O) groups excluding carboxylic acids is 2. The average molecular weight is 408 g/mol. The fourth-order valence-corrected chi connectivity index (χ4v) is 3.17. The van der Waals surface area contributed by atoms with Crippen LogP contribution in [0.5, 0.6) is 11.5 Å². The molecule has 0 aliphatic rings. The van der Waals surface area contributed by atoms with Crippen molar-refractivity contribution in [3.05, 3.63) is 47.5 Å². The lowest BCUT2D eigenvalue weighted by Gasteiger charge is -2.11. The highest BCUT2D eigenvalue weighted by Gasteiger charge is 2.17. The van der Waals surface area contributed by atoms with Gasteiger partial charge in [-0.25, -0.2) is 18.4 Å². The summed E-state index contributed by atoms with van der Waals surface area (Å²) in [6.07, 6.45) is 0. The van der Waals surface area contributed by atoms with Crippen molar-refractivity contribution in [2.24, 2.45) is 5.14 Å². The van der Waals surface area contributed by atoms with Crippen LogP contribution < -0.4 is 19.9 Å². The monoisotopic (exact) mass is 408 g/mol. The Balaban J connectivity index is 2.06. The molecule has 0 fully saturated rings. The number of ether oxygens (including phenoxy) is 3. The SMILES string of the molecule is COc1ccc(OC)c(C(=O)OCC(=O)Nc2ccc(C)c(S(N)(=O)=O)c2)c1. The largest absolute Gasteiger partial charge is 0.497 e. The lowest BCUT2D eigenvalue weighted by atomic mass is 10.2. The van der Waals surface area contributed by atoms with E-state index in [-0.39, 0.29) is 21.9 Å². The number of rotatable bonds is 7. The lowest BCUT2D eigenvalue weighted by Crippen LogP contribution is -2.21. The molecule has 0 heterocycles. The molecule has 0 saturated carbocycles. The highest BCUT2D eigenvalue weighted by atomic mass is 32.2. The van der Waals surface area contributed by atoms with Crippen LogP contribution in [0.2, 0.25) is 0 Å². The number of nitrogens with two attached hydrogens (primary N) is 1. The molecule has 0 saturated heterocycles. The molecule has 150 valence electrons. The normalized spacial score (nSPS) is 10.9. The molecule has 2 aromatic rings. The molecule has 10 heteroatoms. The summed E-state index contributed by atoms with van der Waals surface area (Å²) in [6, 6.07) is 8.82. The first-order valence-electron chi connectivity index (χ1n) is 7.98. The lowest BCUT2D eigenvalue weighted by molar-refractivity contribution is -0.119. The smallest absolute Gasteiger partial charge is 0.342 e. The molecule has 9 nitrogen and oxygen atoms in total. The molecule has 0 spiro atoms. The maximum Gasteiger partial charge on any atom is 0.342 e. The topological polar surface area (TPSA) is 134 Å². The minimum atomic E-state index is -3.93. The van der Waals surface area contributed by atoms with Crippen LogP contribution in [-0.2, 0) is 19.6 Å². The number of benzene rings is 2. The molecule has 0 aliphatic carbocycles. The van der Waals surface area contributed by atoms with E-state index in [0.29, 0.717) is 11.3 Å². The molecule has 0 unspecified atom stereocenters. The molecule has 28 heavy (non-hydrogen) atoms. The number of methoxy groups -OCH3 is 2. The minimum Gasteiger partial charge on any atom is -0.497 e. The molecular formula is C18H20N2O7S. The zero-order valence-electron chi connectivity index (χ0n) is 15.5. The van der Waals surface area contributed by atoms with E-state index in [4.69, 9.17) is 19.3 Å². The average Bonchev–Trinajstić information content (AvgIpc) is 2.66. The van der Waals surface area contributed by atoms with Crippen LogP contribution in [0.3, 0.4) is 0 Å². The van der Waals surface area contributed by atoms with Crippen molar-refractivity contribution in [2.45, 2.75) is 11.8 Å². The van der Waals surface area contributed by atoms with Gasteiger partial charge in [0.1, 0.15) is 17.1 Å². The Bertz CT molecular complexity index is 1000. The number of esters is 1. The van der Waals surface area contributed by atoms with Gasteiger partial charge in [0.2, 0.25) is 10.0 Å². The number of sulfonamides is 1. The van der Waals surface area contributed by atoms with E-state index in [9.17, 15) is 18.0 Å². The van der Waals surface area contributed by atoms with Gasteiger partial charge in [-0.1, -0.05) is 6.07 Å². The zero-order valence-corrected chi connectivity index (χ0v) is 16.3. The van der Waals surface area contributed by atoms with Gasteiger partial charge in [0.15, 0.2) is 6.61 Å². The molecule has 2 rings (SSSR count). The third-order valence-electron chi connectivity index (χ3n) is 3.74. The molecule has 3 N–H and O–H groups in total. The second kappa shape index (κ2) is 8.72. The Labute approximate surface area is 162 Å². The maximum atomic E-state index is 12.2. The Morgan fingerprint density at radius 1 is 1.07 bits per heavy atom. The first-order chi connectivity index (χ1) is 13.2. The van der Waals surface area contributed by atoms with E-state index in [1.165, 1.54) is 44.6 Å². The quantitative estimate of drug-likeness (QED) is 0.662. The Morgan fingerprint density at radius 3 is 2.39 bits per heavy atom. The predicted molar refractivity (Wildman–Crippen MR) is 101 cm³/mol. The summed E-state index contributed by atoms with van der Waals surface area (Å²) in [6.45, 7) is 0.992. The second-order valence-corrected chi connectivity index (χ2v) is 7.25. The summed E-state index contributed by atoms with van der Waals surface area (Å²) in [5, 5.41) is 7.59. The van der Waals surface area contributed by atoms with Crippen molar-refractivity contribution >= 4 is 27.6 Å². The Morgan fingerprint density at radius 2 is 1.79 bits per heavy atom. The van der Waals surface area contributed by atoms with Gasteiger partial charge in [0.05, 0.1) is 19.1 Å². The second-order valence-electron chi connectivity index (χ2n) is 5.72. The van der Waals surface area contributed by atoms with Crippen molar-refractivity contribution in [1.82, 2.24) is 0 Å². The number of nitrogens with one attached hydrogen (secondary N) is 1. The molecule has 2 aromatic carbocycles. The summed E-state index contributed by atoms with van der Waals surface area (Å²) >= 11 is 0. The van der Waals surface area contributed by atoms with Gasteiger partial charge in [0, 0.05) is 5.69 Å². The molecule has 0 atom stereocenters. The number of carbonyl (C=O) groups is 2. The van der Waals surface area contributed by atoms with Crippen LogP contribution in [0, 0.1) is 6.92 Å². The van der Waals surface area contributed by atoms with Gasteiger partial charge in [-0.2, -0.15) is 0 Å². The Hall–Kier alpha value is -3.11. The number of primary sulfonamides is 1. The van der Waals surface area contributed by atoms with Gasteiger partial charge < -0.3 is 19.5 Å². The highest BCUT2D eigenvalue weighted by Crippen LogP contribution is 2.24. The highest BCUT2D eigenvalue weighted by molar-refractivity contribution is 7.89. The van der Waals surface area contributed by atoms with Crippen molar-refractivity contribution in [2.75, 3.05) is 26.1 Å². The van der Waals surface area contributed by atoms with Crippen LogP contribution in [0.1, 0.15) is 15.9 Å². The van der Waals surface area contributed by atoms with E-state index in [0.717, 1.165) is 0 Å². The van der Waals surface area contributed by atoms with E-state index in [1.807, 2.05) is 0 Å². The first-order valence-corrected chi connectivity index (χ1v) is 9.52. The third-order valence-corrected chi connectivity index (χ3v) is 4.79. The van der Waals surface area contributed by atoms with E-state index >= 15 is 0 Å². The van der Waals surface area contributed by atoms with Gasteiger partial charge >= 0.3 is 5.97 Å². The van der Waals surface area contributed by atoms with Crippen molar-refractivity contribution < 1.29 is 32.2 Å². The fourth-order valence-electron chi connectivity index (χ4n) is 2.36. The van der Waals surface area contributed by atoms with Gasteiger partial charge in [-0.15, -0.1) is 0 Å². The standard InChI is InChI=1S/C18H20N2O7S/c1-11-4-5-12(8-16(11)28(19,23)24)20-17(21)10-27-18(22)14-9-13(25-2)6-7-15(14)26-3/h4-9H,10H2,1-3H3,(H,20,21)(H2,19,23,24). The van der Waals surface area contributed by atoms with E-state index in [2.05, 4.69) is 5.32 Å². The van der Waals surface area contributed by atoms with Crippen LogP contribution in [-0.4, -0.2) is 41.1 Å². The zero-order chi connectivity index (χ0) is 20.9. The number of aryl methyl sites for hydroxylation is 1. The van der Waals surface area contributed by atoms with Crippen molar-refractivity contribution in [3.63, 3.8) is 0 Å². The first kappa shape index (κ1) is 21.2. The molecule has 0 aromatic heterocycles. The van der Waals surface area contributed by atoms with Crippen molar-refractivity contribution in [3.8, 4) is 11.5 Å². The van der Waals surface area contributed by atoms with Gasteiger partial charge in [-0.3, -0.25) is 4.79 Å². The summed E-state index contributed by atoms with van der Waals surface area (Å²) in [5.41, 5.74) is 0.744. The fraction of sp³-hybridized carbons (Fsp3) is 0.222. The van der Waals surface area contributed by atoms with Crippen LogP contribution in [0.15, 0.2) is 41.3 Å². The molecular weight excluding hydrogens is 388 g/mol. The molecule has 1 amide bonds. The predicted octanol–water partition coefficient (Wildman–Crippen LogP) is 1.46. The minimum absolute atomic E-state index is 0.0986. The van der Waals surface area contributed by atoms with E-state index < -0.39 is 28.5 Å². The maximum absolute atomic E-state index is 12.2. The molecule has 0 bridgehead atoms. The van der Waals surface area contributed by atoms with Crippen LogP contribution in [0.25, 0.3) is 0 Å². The summed E-state index contributed by atoms with van der Waals surface area (Å²) < 4.78 is 38.3. The number of amides is 1. The van der Waals surface area contributed by atoms with Crippen molar-refractivity contribution in [1.29, 1.82) is 0 Å². The number of hydrogen-bond acceptors (Lipinski definition) is 7. The summed E-state index contributed by atoms with van der Waals surface area (Å²) in [4.78, 5) is 24.2. The third kappa shape index (κ3) is 5.21. The van der Waals surface area contributed by atoms with Crippen LogP contribution in [0.4, 0.5) is 5.69 Å². The molecule has 0 radical (unpaired) electrons. The Kier molecular flexibility index (Phi) is 6.60. The molecule has 0 aliphatic heterocycles. The van der Waals surface area contributed by atoms with E-state index in [1.54, 1.807) is 13.0 Å².